The molecule has 1 saturated carbocycles. The van der Waals surface area contributed by atoms with Gasteiger partial charge >= 0.3 is 0 Å². The van der Waals surface area contributed by atoms with Gasteiger partial charge in [0.25, 0.3) is 0 Å². The topological polar surface area (TPSA) is 41.1 Å². The van der Waals surface area contributed by atoms with E-state index in [4.69, 9.17) is 0 Å². The van der Waals surface area contributed by atoms with Crippen LogP contribution in [0.2, 0.25) is 0 Å². The van der Waals surface area contributed by atoms with Gasteiger partial charge < -0.3 is 10.6 Å². The average Bonchev–Trinajstić information content (AvgIpc) is 3.18. The molecular weight excluding hydrogens is 236 g/mol. The second kappa shape index (κ2) is 5.82. The number of piperidine rings is 1. The quantitative estimate of drug-likeness (QED) is 0.776. The summed E-state index contributed by atoms with van der Waals surface area (Å²) < 4.78 is 0. The van der Waals surface area contributed by atoms with Crippen LogP contribution in [0.4, 0.5) is 0 Å². The first-order valence-corrected chi connectivity index (χ1v) is 8.04. The molecular formula is C16H30N2O. The highest BCUT2D eigenvalue weighted by Crippen LogP contribution is 2.51. The van der Waals surface area contributed by atoms with Crippen LogP contribution in [0.3, 0.4) is 0 Å². The van der Waals surface area contributed by atoms with E-state index in [1.54, 1.807) is 0 Å². The maximum Gasteiger partial charge on any atom is 0.227 e. The Hall–Kier alpha value is -0.570. The maximum absolute atomic E-state index is 12.7. The molecule has 0 aromatic carbocycles. The summed E-state index contributed by atoms with van der Waals surface area (Å²) >= 11 is 0. The van der Waals surface area contributed by atoms with Gasteiger partial charge in [-0.25, -0.2) is 0 Å². The lowest BCUT2D eigenvalue weighted by atomic mass is 9.76. The summed E-state index contributed by atoms with van der Waals surface area (Å²) in [5.41, 5.74) is 0.269. The van der Waals surface area contributed by atoms with Crippen molar-refractivity contribution in [2.45, 2.75) is 59.3 Å². The van der Waals surface area contributed by atoms with Gasteiger partial charge in [-0.3, -0.25) is 4.79 Å². The number of carbonyl (C=O) groups excluding carboxylic acids is 1. The molecule has 1 unspecified atom stereocenters. The Labute approximate surface area is 117 Å². The maximum atomic E-state index is 12.7. The molecule has 2 fully saturated rings. The molecule has 3 heteroatoms. The largest absolute Gasteiger partial charge is 0.355 e. The van der Waals surface area contributed by atoms with Gasteiger partial charge in [-0.2, -0.15) is 0 Å². The predicted octanol–water partition coefficient (Wildman–Crippen LogP) is 2.71. The molecule has 2 rings (SSSR count). The Morgan fingerprint density at radius 2 is 2.05 bits per heavy atom. The molecule has 1 aliphatic heterocycles. The predicted molar refractivity (Wildman–Crippen MR) is 79.0 cm³/mol. The minimum Gasteiger partial charge on any atom is -0.355 e. The van der Waals surface area contributed by atoms with Crippen LogP contribution in [0.1, 0.15) is 59.3 Å². The molecule has 3 nitrogen and oxygen atoms in total. The third-order valence-electron chi connectivity index (χ3n) is 5.40. The Balaban J connectivity index is 1.92. The van der Waals surface area contributed by atoms with E-state index in [0.717, 1.165) is 45.3 Å². The standard InChI is InChI=1S/C16H30N2O/c1-4-6-16(7-5-10-17-11-16)14(19)18-12-15(8-9-15)13(2)3/h13,17H,4-12H2,1-3H3,(H,18,19). The second-order valence-electron chi connectivity index (χ2n) is 7.01. The first kappa shape index (κ1) is 14.8. The second-order valence-corrected chi connectivity index (χ2v) is 7.01. The van der Waals surface area contributed by atoms with Crippen LogP contribution in [0, 0.1) is 16.7 Å². The van der Waals surface area contributed by atoms with Crippen LogP contribution in [0.15, 0.2) is 0 Å². The molecule has 2 aliphatic rings. The summed E-state index contributed by atoms with van der Waals surface area (Å²) in [7, 11) is 0. The van der Waals surface area contributed by atoms with Crippen molar-refractivity contribution in [3.8, 4) is 0 Å². The number of hydrogen-bond donors (Lipinski definition) is 2. The van der Waals surface area contributed by atoms with Crippen LogP contribution < -0.4 is 10.6 Å². The number of rotatable bonds is 6. The van der Waals surface area contributed by atoms with Gasteiger partial charge in [-0.15, -0.1) is 0 Å². The van der Waals surface area contributed by atoms with E-state index in [1.165, 1.54) is 12.8 Å². The van der Waals surface area contributed by atoms with Gasteiger partial charge in [-0.05, 0) is 50.0 Å². The SMILES string of the molecule is CCCC1(C(=O)NCC2(C(C)C)CC2)CCCNC1. The normalized spacial score (nSPS) is 29.3. The first-order valence-electron chi connectivity index (χ1n) is 8.04. The summed E-state index contributed by atoms with van der Waals surface area (Å²) in [6, 6.07) is 0. The van der Waals surface area contributed by atoms with Gasteiger partial charge in [0, 0.05) is 13.1 Å². The van der Waals surface area contributed by atoms with Gasteiger partial charge in [0.15, 0.2) is 0 Å². The monoisotopic (exact) mass is 266 g/mol. The Bertz CT molecular complexity index is 309. The highest BCUT2D eigenvalue weighted by atomic mass is 16.2. The van der Waals surface area contributed by atoms with E-state index in [0.29, 0.717) is 17.2 Å². The molecule has 1 saturated heterocycles. The van der Waals surface area contributed by atoms with E-state index in [9.17, 15) is 4.79 Å². The van der Waals surface area contributed by atoms with Crippen LogP contribution in [-0.2, 0) is 4.79 Å². The summed E-state index contributed by atoms with van der Waals surface area (Å²) in [4.78, 5) is 12.7. The van der Waals surface area contributed by atoms with Gasteiger partial charge in [-0.1, -0.05) is 27.2 Å². The minimum absolute atomic E-state index is 0.139. The van der Waals surface area contributed by atoms with Crippen molar-refractivity contribution in [1.29, 1.82) is 0 Å². The van der Waals surface area contributed by atoms with Crippen LogP contribution >= 0.6 is 0 Å². The fraction of sp³-hybridized carbons (Fsp3) is 0.938. The number of hydrogen-bond acceptors (Lipinski definition) is 2. The molecule has 0 bridgehead atoms. The molecule has 0 aromatic rings. The molecule has 110 valence electrons. The van der Waals surface area contributed by atoms with Gasteiger partial charge in [0.05, 0.1) is 5.41 Å². The lowest BCUT2D eigenvalue weighted by molar-refractivity contribution is -0.133. The van der Waals surface area contributed by atoms with Gasteiger partial charge in [0.1, 0.15) is 0 Å². The van der Waals surface area contributed by atoms with Crippen molar-refractivity contribution in [2.75, 3.05) is 19.6 Å². The number of carbonyl (C=O) groups is 1. The summed E-state index contributed by atoms with van der Waals surface area (Å²) in [6.07, 6.45) is 6.84. The average molecular weight is 266 g/mol. The number of amides is 1. The highest BCUT2D eigenvalue weighted by Gasteiger charge is 2.46. The lowest BCUT2D eigenvalue weighted by Gasteiger charge is -2.37. The highest BCUT2D eigenvalue weighted by molar-refractivity contribution is 5.83. The van der Waals surface area contributed by atoms with Crippen molar-refractivity contribution in [1.82, 2.24) is 10.6 Å². The lowest BCUT2D eigenvalue weighted by Crippen LogP contribution is -2.51. The Morgan fingerprint density at radius 1 is 1.32 bits per heavy atom. The molecule has 1 heterocycles. The first-order chi connectivity index (χ1) is 9.05. The van der Waals surface area contributed by atoms with Crippen molar-refractivity contribution < 1.29 is 4.79 Å². The van der Waals surface area contributed by atoms with Crippen molar-refractivity contribution in [3.63, 3.8) is 0 Å². The van der Waals surface area contributed by atoms with Crippen LogP contribution in [0.25, 0.3) is 0 Å². The summed E-state index contributed by atoms with van der Waals surface area (Å²) in [5, 5.41) is 6.70. The number of nitrogens with one attached hydrogen (secondary N) is 2. The van der Waals surface area contributed by atoms with E-state index >= 15 is 0 Å². The molecule has 0 radical (unpaired) electrons. The smallest absolute Gasteiger partial charge is 0.227 e. The van der Waals surface area contributed by atoms with Crippen molar-refractivity contribution in [2.24, 2.45) is 16.7 Å². The molecule has 1 atom stereocenters. The van der Waals surface area contributed by atoms with E-state index in [2.05, 4.69) is 31.4 Å². The third-order valence-corrected chi connectivity index (χ3v) is 5.40. The minimum atomic E-state index is -0.139. The van der Waals surface area contributed by atoms with E-state index in [1.807, 2.05) is 0 Å². The van der Waals surface area contributed by atoms with Gasteiger partial charge in [0.2, 0.25) is 5.91 Å². The van der Waals surface area contributed by atoms with E-state index < -0.39 is 0 Å². The summed E-state index contributed by atoms with van der Waals surface area (Å²) in [5.74, 6) is 0.980. The van der Waals surface area contributed by atoms with E-state index in [-0.39, 0.29) is 5.41 Å². The zero-order valence-electron chi connectivity index (χ0n) is 12.8. The molecule has 0 spiro atoms. The zero-order valence-corrected chi connectivity index (χ0v) is 12.8. The molecule has 0 aromatic heterocycles. The molecule has 1 aliphatic carbocycles. The van der Waals surface area contributed by atoms with Crippen LogP contribution in [0.5, 0.6) is 0 Å². The third kappa shape index (κ3) is 3.13. The van der Waals surface area contributed by atoms with Crippen molar-refractivity contribution in [3.05, 3.63) is 0 Å². The molecule has 1 amide bonds. The van der Waals surface area contributed by atoms with Crippen molar-refractivity contribution >= 4 is 5.91 Å². The Morgan fingerprint density at radius 3 is 2.53 bits per heavy atom. The fourth-order valence-electron chi connectivity index (χ4n) is 3.53. The van der Waals surface area contributed by atoms with Crippen LogP contribution in [-0.4, -0.2) is 25.5 Å². The summed E-state index contributed by atoms with van der Waals surface area (Å²) in [6.45, 7) is 9.55. The molecule has 19 heavy (non-hydrogen) atoms. The molecule has 2 N–H and O–H groups in total. The zero-order chi connectivity index (χ0) is 13.9. The Kier molecular flexibility index (Phi) is 4.54. The fourth-order valence-corrected chi connectivity index (χ4v) is 3.53.